The first-order valence-electron chi connectivity index (χ1n) is 10.4. The molecule has 6 heteroatoms. The van der Waals surface area contributed by atoms with Crippen molar-refractivity contribution in [1.82, 2.24) is 10.6 Å². The molecule has 6 nitrogen and oxygen atoms in total. The topological polar surface area (TPSA) is 67.2 Å². The van der Waals surface area contributed by atoms with Crippen LogP contribution in [0.2, 0.25) is 0 Å². The first-order valence-corrected chi connectivity index (χ1v) is 10.4. The molecule has 0 saturated carbocycles. The molecule has 0 atom stereocenters. The lowest BCUT2D eigenvalue weighted by Crippen LogP contribution is -2.30. The van der Waals surface area contributed by atoms with Crippen LogP contribution >= 0.6 is 0 Å². The van der Waals surface area contributed by atoms with Crippen LogP contribution in [0.15, 0.2) is 58.5 Å². The molecule has 0 aliphatic carbocycles. The number of aliphatic imine (C=N–C) groups is 2. The Labute approximate surface area is 172 Å². The molecule has 152 valence electrons. The molecule has 2 aromatic rings. The Morgan fingerprint density at radius 1 is 0.724 bits per heavy atom. The highest BCUT2D eigenvalue weighted by Gasteiger charge is 2.09. The second-order valence-electron chi connectivity index (χ2n) is 7.13. The van der Waals surface area contributed by atoms with E-state index in [0.29, 0.717) is 13.2 Å². The maximum atomic E-state index is 5.90. The van der Waals surface area contributed by atoms with Gasteiger partial charge >= 0.3 is 0 Å². The molecule has 0 unspecified atom stereocenters. The summed E-state index contributed by atoms with van der Waals surface area (Å²) in [5.74, 6) is 3.64. The number of rotatable bonds is 8. The second kappa shape index (κ2) is 9.96. The van der Waals surface area contributed by atoms with Gasteiger partial charge in [-0.2, -0.15) is 0 Å². The van der Waals surface area contributed by atoms with Crippen molar-refractivity contribution in [2.45, 2.75) is 19.3 Å². The average molecular weight is 393 g/mol. The van der Waals surface area contributed by atoms with Crippen molar-refractivity contribution in [2.24, 2.45) is 9.98 Å². The van der Waals surface area contributed by atoms with E-state index in [-0.39, 0.29) is 0 Å². The van der Waals surface area contributed by atoms with Crippen LogP contribution in [0, 0.1) is 0 Å². The van der Waals surface area contributed by atoms with Gasteiger partial charge in [0.1, 0.15) is 23.2 Å². The highest BCUT2D eigenvalue weighted by molar-refractivity contribution is 5.99. The smallest absolute Gasteiger partial charge is 0.128 e. The fourth-order valence-electron chi connectivity index (χ4n) is 3.36. The maximum Gasteiger partial charge on any atom is 0.128 e. The van der Waals surface area contributed by atoms with Crippen LogP contribution in [-0.2, 0) is 0 Å². The van der Waals surface area contributed by atoms with Crippen molar-refractivity contribution in [3.05, 3.63) is 59.7 Å². The highest BCUT2D eigenvalue weighted by Crippen LogP contribution is 2.16. The minimum absolute atomic E-state index is 0.608. The lowest BCUT2D eigenvalue weighted by Gasteiger charge is -2.16. The molecule has 0 spiro atoms. The van der Waals surface area contributed by atoms with Crippen molar-refractivity contribution in [2.75, 3.05) is 39.4 Å². The lowest BCUT2D eigenvalue weighted by atomic mass is 10.1. The minimum Gasteiger partial charge on any atom is -0.493 e. The summed E-state index contributed by atoms with van der Waals surface area (Å²) in [6.07, 6.45) is 2.99. The van der Waals surface area contributed by atoms with Crippen LogP contribution in [0.25, 0.3) is 0 Å². The Balaban J connectivity index is 1.23. The summed E-state index contributed by atoms with van der Waals surface area (Å²) in [5, 5.41) is 6.69. The zero-order valence-electron chi connectivity index (χ0n) is 16.7. The van der Waals surface area contributed by atoms with E-state index in [1.165, 1.54) is 0 Å². The fraction of sp³-hybridized carbons (Fsp3) is 0.391. The summed E-state index contributed by atoms with van der Waals surface area (Å²) >= 11 is 0. The van der Waals surface area contributed by atoms with Gasteiger partial charge in [-0.15, -0.1) is 0 Å². The van der Waals surface area contributed by atoms with Crippen LogP contribution in [0.1, 0.15) is 30.4 Å². The van der Waals surface area contributed by atoms with Gasteiger partial charge < -0.3 is 20.1 Å². The van der Waals surface area contributed by atoms with E-state index in [9.17, 15) is 0 Å². The van der Waals surface area contributed by atoms with E-state index in [2.05, 4.69) is 32.8 Å². The monoisotopic (exact) mass is 392 g/mol. The molecule has 4 rings (SSSR count). The van der Waals surface area contributed by atoms with Crippen LogP contribution in [0.3, 0.4) is 0 Å². The summed E-state index contributed by atoms with van der Waals surface area (Å²) < 4.78 is 11.8. The molecule has 0 fully saturated rings. The molecule has 2 aliphatic rings. The summed E-state index contributed by atoms with van der Waals surface area (Å²) in [4.78, 5) is 9.08. The molecule has 0 amide bonds. The molecule has 2 aliphatic heterocycles. The first-order chi connectivity index (χ1) is 14.4. The maximum absolute atomic E-state index is 5.90. The number of benzene rings is 2. The molecule has 2 aromatic carbocycles. The number of ether oxygens (including phenoxy) is 2. The van der Waals surface area contributed by atoms with Gasteiger partial charge in [0.15, 0.2) is 0 Å². The van der Waals surface area contributed by atoms with Crippen LogP contribution in [0.5, 0.6) is 11.5 Å². The highest BCUT2D eigenvalue weighted by atomic mass is 16.5. The van der Waals surface area contributed by atoms with Gasteiger partial charge in [0.25, 0.3) is 0 Å². The zero-order chi connectivity index (χ0) is 19.7. The molecule has 0 aromatic heterocycles. The summed E-state index contributed by atoms with van der Waals surface area (Å²) in [6, 6.07) is 16.2. The van der Waals surface area contributed by atoms with E-state index in [0.717, 1.165) is 79.7 Å². The summed E-state index contributed by atoms with van der Waals surface area (Å²) in [6.45, 7) is 4.94. The number of nitrogens with zero attached hydrogens (tertiary/aromatic N) is 2. The second-order valence-corrected chi connectivity index (χ2v) is 7.13. The van der Waals surface area contributed by atoms with Gasteiger partial charge in [0.05, 0.1) is 13.2 Å². The third-order valence-electron chi connectivity index (χ3n) is 4.84. The quantitative estimate of drug-likeness (QED) is 0.678. The predicted molar refractivity (Wildman–Crippen MR) is 117 cm³/mol. The first kappa shape index (κ1) is 19.3. The largest absolute Gasteiger partial charge is 0.493 e. The zero-order valence-corrected chi connectivity index (χ0v) is 16.7. The number of nitrogens with one attached hydrogen (secondary N) is 2. The average Bonchev–Trinajstić information content (AvgIpc) is 2.80. The molecular weight excluding hydrogens is 364 g/mol. The Morgan fingerprint density at radius 3 is 1.69 bits per heavy atom. The molecule has 0 saturated heterocycles. The van der Waals surface area contributed by atoms with Crippen molar-refractivity contribution in [3.63, 3.8) is 0 Å². The SMILES string of the molecule is c1cc(OCCCOc2cccc(C3=NCCCN3)c2)cc(C2=NCCCN2)c1. The van der Waals surface area contributed by atoms with E-state index in [4.69, 9.17) is 9.47 Å². The third kappa shape index (κ3) is 5.50. The van der Waals surface area contributed by atoms with Crippen molar-refractivity contribution < 1.29 is 9.47 Å². The molecular formula is C23H28N4O2. The summed E-state index contributed by atoms with van der Waals surface area (Å²) in [7, 11) is 0. The van der Waals surface area contributed by atoms with E-state index >= 15 is 0 Å². The van der Waals surface area contributed by atoms with Gasteiger partial charge in [-0.25, -0.2) is 0 Å². The Morgan fingerprint density at radius 2 is 1.24 bits per heavy atom. The predicted octanol–water partition coefficient (Wildman–Crippen LogP) is 3.01. The Bertz CT molecular complexity index is 807. The molecule has 2 N–H and O–H groups in total. The molecule has 29 heavy (non-hydrogen) atoms. The van der Waals surface area contributed by atoms with Gasteiger partial charge in [0, 0.05) is 43.7 Å². The lowest BCUT2D eigenvalue weighted by molar-refractivity contribution is 0.247. The van der Waals surface area contributed by atoms with Crippen molar-refractivity contribution in [1.29, 1.82) is 0 Å². The standard InChI is InChI=1S/C23H28N4O2/c1-6-18(22-24-10-3-11-25-22)16-20(8-1)28-14-5-15-29-21-9-2-7-19(17-21)23-26-12-4-13-27-23/h1-2,6-9,16-17H,3-5,10-15H2,(H,24,25)(H,26,27). The van der Waals surface area contributed by atoms with Crippen LogP contribution < -0.4 is 20.1 Å². The number of hydrogen-bond acceptors (Lipinski definition) is 6. The number of amidine groups is 2. The van der Waals surface area contributed by atoms with E-state index in [1.807, 2.05) is 36.4 Å². The number of hydrogen-bond donors (Lipinski definition) is 2. The van der Waals surface area contributed by atoms with Gasteiger partial charge in [-0.1, -0.05) is 24.3 Å². The summed E-state index contributed by atoms with van der Waals surface area (Å²) in [5.41, 5.74) is 2.16. The Hall–Kier alpha value is -3.02. The fourth-order valence-corrected chi connectivity index (χ4v) is 3.36. The van der Waals surface area contributed by atoms with Crippen LogP contribution in [-0.4, -0.2) is 51.1 Å². The molecule has 0 bridgehead atoms. The normalized spacial score (nSPS) is 16.1. The van der Waals surface area contributed by atoms with Crippen molar-refractivity contribution >= 4 is 11.7 Å². The molecule has 0 radical (unpaired) electrons. The van der Waals surface area contributed by atoms with E-state index in [1.54, 1.807) is 0 Å². The third-order valence-corrected chi connectivity index (χ3v) is 4.84. The van der Waals surface area contributed by atoms with Crippen LogP contribution in [0.4, 0.5) is 0 Å². The Kier molecular flexibility index (Phi) is 6.63. The van der Waals surface area contributed by atoms with Gasteiger partial charge in [-0.05, 0) is 37.1 Å². The van der Waals surface area contributed by atoms with Gasteiger partial charge in [-0.3, -0.25) is 9.98 Å². The van der Waals surface area contributed by atoms with Gasteiger partial charge in [0.2, 0.25) is 0 Å². The van der Waals surface area contributed by atoms with E-state index < -0.39 is 0 Å². The molecule has 2 heterocycles. The minimum atomic E-state index is 0.608. The van der Waals surface area contributed by atoms with Crippen molar-refractivity contribution in [3.8, 4) is 11.5 Å².